The first-order valence-electron chi connectivity index (χ1n) is 4.13. The van der Waals surface area contributed by atoms with Crippen molar-refractivity contribution >= 4 is 5.71 Å². The van der Waals surface area contributed by atoms with Crippen LogP contribution >= 0.6 is 0 Å². The van der Waals surface area contributed by atoms with Gasteiger partial charge in [-0.25, -0.2) is 0 Å². The van der Waals surface area contributed by atoms with E-state index in [1.54, 1.807) is 0 Å². The summed E-state index contributed by atoms with van der Waals surface area (Å²) in [5, 5.41) is 8.57. The lowest BCUT2D eigenvalue weighted by Gasteiger charge is -1.94. The Labute approximate surface area is 74.3 Å². The molecule has 0 fully saturated rings. The molecule has 0 aliphatic heterocycles. The number of rotatable bonds is 4. The van der Waals surface area contributed by atoms with Gasteiger partial charge in [-0.15, -0.1) is 0 Å². The molecule has 2 nitrogen and oxygen atoms in total. The molecule has 0 aromatic rings. The SMILES string of the molecule is C/C=C\C(C=C(C)C)=NCCO. The molecule has 0 aliphatic carbocycles. The average Bonchev–Trinajstić information content (AvgIpc) is 2.00. The molecule has 0 amide bonds. The summed E-state index contributed by atoms with van der Waals surface area (Å²) in [6.45, 7) is 6.59. The molecule has 0 spiro atoms. The minimum Gasteiger partial charge on any atom is -0.394 e. The van der Waals surface area contributed by atoms with Crippen LogP contribution < -0.4 is 0 Å². The molecule has 0 aromatic carbocycles. The fraction of sp³-hybridized carbons (Fsp3) is 0.500. The third-order valence-electron chi connectivity index (χ3n) is 1.17. The molecular weight excluding hydrogens is 150 g/mol. The molecule has 1 N–H and O–H groups in total. The second-order valence-electron chi connectivity index (χ2n) is 2.75. The fourth-order valence-corrected chi connectivity index (χ4v) is 0.792. The quantitative estimate of drug-likeness (QED) is 0.638. The molecule has 2 heteroatoms. The molecule has 0 bridgehead atoms. The molecule has 0 rings (SSSR count). The first-order valence-corrected chi connectivity index (χ1v) is 4.13. The molecule has 0 aliphatic rings. The minimum absolute atomic E-state index is 0.109. The Morgan fingerprint density at radius 3 is 2.50 bits per heavy atom. The number of aliphatic imine (C=N–C) groups is 1. The minimum atomic E-state index is 0.109. The van der Waals surface area contributed by atoms with E-state index in [1.165, 1.54) is 5.57 Å². The van der Waals surface area contributed by atoms with Gasteiger partial charge in [0.25, 0.3) is 0 Å². The van der Waals surface area contributed by atoms with E-state index in [0.717, 1.165) is 5.71 Å². The smallest absolute Gasteiger partial charge is 0.0628 e. The first kappa shape index (κ1) is 11.1. The molecule has 68 valence electrons. The lowest BCUT2D eigenvalue weighted by Crippen LogP contribution is -1.95. The summed E-state index contributed by atoms with van der Waals surface area (Å²) in [4.78, 5) is 4.18. The van der Waals surface area contributed by atoms with Gasteiger partial charge >= 0.3 is 0 Å². The topological polar surface area (TPSA) is 32.6 Å². The predicted molar refractivity (Wildman–Crippen MR) is 53.6 cm³/mol. The highest BCUT2D eigenvalue weighted by molar-refractivity contribution is 6.04. The highest BCUT2D eigenvalue weighted by Crippen LogP contribution is 1.93. The van der Waals surface area contributed by atoms with Crippen LogP contribution in [0.15, 0.2) is 28.8 Å². The van der Waals surface area contributed by atoms with E-state index < -0.39 is 0 Å². The Balaban J connectivity index is 4.33. The van der Waals surface area contributed by atoms with Crippen molar-refractivity contribution in [3.8, 4) is 0 Å². The van der Waals surface area contributed by atoms with Gasteiger partial charge in [0, 0.05) is 0 Å². The maximum Gasteiger partial charge on any atom is 0.0628 e. The molecule has 0 atom stereocenters. The van der Waals surface area contributed by atoms with Gasteiger partial charge in [0.05, 0.1) is 18.9 Å². The van der Waals surface area contributed by atoms with E-state index in [2.05, 4.69) is 4.99 Å². The van der Waals surface area contributed by atoms with Crippen LogP contribution in [0.4, 0.5) is 0 Å². The third kappa shape index (κ3) is 5.86. The summed E-state index contributed by atoms with van der Waals surface area (Å²) in [5.41, 5.74) is 2.14. The van der Waals surface area contributed by atoms with Crippen molar-refractivity contribution in [2.24, 2.45) is 4.99 Å². The normalized spacial score (nSPS) is 12.2. The Kier molecular flexibility index (Phi) is 6.29. The van der Waals surface area contributed by atoms with Crippen molar-refractivity contribution in [1.82, 2.24) is 0 Å². The number of aliphatic hydroxyl groups excluding tert-OH is 1. The van der Waals surface area contributed by atoms with Gasteiger partial charge in [0.1, 0.15) is 0 Å². The standard InChI is InChI=1S/C10H17NO/c1-4-5-10(8-9(2)3)11-6-7-12/h4-5,8,12H,6-7H2,1-3H3/b5-4-,11-10?. The Morgan fingerprint density at radius 1 is 1.42 bits per heavy atom. The molecule has 0 heterocycles. The van der Waals surface area contributed by atoms with Crippen molar-refractivity contribution in [3.05, 3.63) is 23.8 Å². The van der Waals surface area contributed by atoms with E-state index >= 15 is 0 Å². The predicted octanol–water partition coefficient (Wildman–Crippen LogP) is 1.96. The van der Waals surface area contributed by atoms with Crippen LogP contribution in [-0.2, 0) is 0 Å². The zero-order valence-corrected chi connectivity index (χ0v) is 8.04. The number of aliphatic hydroxyl groups is 1. The number of hydrogen-bond acceptors (Lipinski definition) is 2. The zero-order chi connectivity index (χ0) is 9.40. The van der Waals surface area contributed by atoms with Crippen molar-refractivity contribution in [1.29, 1.82) is 0 Å². The van der Waals surface area contributed by atoms with Gasteiger partial charge in [0.2, 0.25) is 0 Å². The van der Waals surface area contributed by atoms with Gasteiger partial charge in [-0.05, 0) is 32.9 Å². The summed E-state index contributed by atoms with van der Waals surface area (Å²) in [7, 11) is 0. The largest absolute Gasteiger partial charge is 0.394 e. The highest BCUT2D eigenvalue weighted by Gasteiger charge is 1.87. The van der Waals surface area contributed by atoms with Crippen LogP contribution in [0.1, 0.15) is 20.8 Å². The highest BCUT2D eigenvalue weighted by atomic mass is 16.3. The number of hydrogen-bond donors (Lipinski definition) is 1. The van der Waals surface area contributed by atoms with Gasteiger partial charge in [-0.2, -0.15) is 0 Å². The van der Waals surface area contributed by atoms with E-state index in [0.29, 0.717) is 6.54 Å². The van der Waals surface area contributed by atoms with Crippen LogP contribution in [0.25, 0.3) is 0 Å². The monoisotopic (exact) mass is 167 g/mol. The molecular formula is C10H17NO. The zero-order valence-electron chi connectivity index (χ0n) is 8.04. The molecule has 0 radical (unpaired) electrons. The molecule has 0 aromatic heterocycles. The summed E-state index contributed by atoms with van der Waals surface area (Å²) in [6.07, 6.45) is 5.87. The van der Waals surface area contributed by atoms with Crippen molar-refractivity contribution in [2.75, 3.05) is 13.2 Å². The number of allylic oxidation sites excluding steroid dienone is 4. The summed E-state index contributed by atoms with van der Waals surface area (Å²) in [6, 6.07) is 0. The van der Waals surface area contributed by atoms with E-state index in [-0.39, 0.29) is 6.61 Å². The van der Waals surface area contributed by atoms with E-state index in [4.69, 9.17) is 5.11 Å². The number of nitrogens with zero attached hydrogens (tertiary/aromatic N) is 1. The Bertz CT molecular complexity index is 198. The maximum atomic E-state index is 8.57. The lowest BCUT2D eigenvalue weighted by molar-refractivity contribution is 0.307. The van der Waals surface area contributed by atoms with Gasteiger partial charge < -0.3 is 5.11 Å². The van der Waals surface area contributed by atoms with Gasteiger partial charge in [0.15, 0.2) is 0 Å². The molecule has 0 saturated carbocycles. The van der Waals surface area contributed by atoms with Crippen molar-refractivity contribution in [3.63, 3.8) is 0 Å². The first-order chi connectivity index (χ1) is 5.70. The summed E-state index contributed by atoms with van der Waals surface area (Å²) < 4.78 is 0. The van der Waals surface area contributed by atoms with Crippen LogP contribution in [0, 0.1) is 0 Å². The molecule has 12 heavy (non-hydrogen) atoms. The fourth-order valence-electron chi connectivity index (χ4n) is 0.792. The Hall–Kier alpha value is -0.890. The van der Waals surface area contributed by atoms with Crippen LogP contribution in [0.2, 0.25) is 0 Å². The summed E-state index contributed by atoms with van der Waals surface area (Å²) in [5.74, 6) is 0. The van der Waals surface area contributed by atoms with E-state index in [9.17, 15) is 0 Å². The van der Waals surface area contributed by atoms with Gasteiger partial charge in [-0.3, -0.25) is 4.99 Å². The van der Waals surface area contributed by atoms with Crippen LogP contribution in [0.3, 0.4) is 0 Å². The lowest BCUT2D eigenvalue weighted by atomic mass is 10.2. The Morgan fingerprint density at radius 2 is 2.08 bits per heavy atom. The van der Waals surface area contributed by atoms with Crippen LogP contribution in [0.5, 0.6) is 0 Å². The average molecular weight is 167 g/mol. The third-order valence-corrected chi connectivity index (χ3v) is 1.17. The van der Waals surface area contributed by atoms with Crippen molar-refractivity contribution in [2.45, 2.75) is 20.8 Å². The second kappa shape index (κ2) is 6.80. The maximum absolute atomic E-state index is 8.57. The van der Waals surface area contributed by atoms with Crippen molar-refractivity contribution < 1.29 is 5.11 Å². The molecule has 0 unspecified atom stereocenters. The molecule has 0 saturated heterocycles. The van der Waals surface area contributed by atoms with Crippen LogP contribution in [-0.4, -0.2) is 24.0 Å². The van der Waals surface area contributed by atoms with E-state index in [1.807, 2.05) is 39.0 Å². The summed E-state index contributed by atoms with van der Waals surface area (Å²) >= 11 is 0. The van der Waals surface area contributed by atoms with Gasteiger partial charge in [-0.1, -0.05) is 11.6 Å². The second-order valence-corrected chi connectivity index (χ2v) is 2.75.